The van der Waals surface area contributed by atoms with Crippen LogP contribution in [0.2, 0.25) is 0 Å². The molecule has 2 rings (SSSR count). The highest BCUT2D eigenvalue weighted by Crippen LogP contribution is 2.23. The topological polar surface area (TPSA) is 125 Å². The van der Waals surface area contributed by atoms with Crippen molar-refractivity contribution < 1.29 is 27.5 Å². The fourth-order valence-corrected chi connectivity index (χ4v) is 2.79. The number of amides is 1. The SMILES string of the molecule is COc1ccc(S(N)(=O)=O)cc1C(=O)OCC(=O)Nc1ccc(C)c(C)c1. The molecular weight excluding hydrogens is 372 g/mol. The summed E-state index contributed by atoms with van der Waals surface area (Å²) in [7, 11) is -2.69. The zero-order chi connectivity index (χ0) is 20.2. The van der Waals surface area contributed by atoms with Gasteiger partial charge in [-0.2, -0.15) is 0 Å². The molecule has 0 bridgehead atoms. The molecule has 1 amide bonds. The van der Waals surface area contributed by atoms with Gasteiger partial charge in [0.1, 0.15) is 11.3 Å². The third-order valence-electron chi connectivity index (χ3n) is 3.84. The van der Waals surface area contributed by atoms with E-state index >= 15 is 0 Å². The number of ether oxygens (including phenoxy) is 2. The number of anilines is 1. The van der Waals surface area contributed by atoms with E-state index in [-0.39, 0.29) is 16.2 Å². The Morgan fingerprint density at radius 1 is 1.07 bits per heavy atom. The quantitative estimate of drug-likeness (QED) is 0.722. The van der Waals surface area contributed by atoms with Crippen molar-refractivity contribution in [3.63, 3.8) is 0 Å². The Morgan fingerprint density at radius 2 is 1.78 bits per heavy atom. The van der Waals surface area contributed by atoms with Crippen molar-refractivity contribution in [2.75, 3.05) is 19.0 Å². The molecule has 2 aromatic carbocycles. The maximum absolute atomic E-state index is 12.2. The fourth-order valence-electron chi connectivity index (χ4n) is 2.25. The van der Waals surface area contributed by atoms with Crippen LogP contribution in [-0.2, 0) is 19.6 Å². The van der Waals surface area contributed by atoms with Gasteiger partial charge in [-0.05, 0) is 55.3 Å². The van der Waals surface area contributed by atoms with Gasteiger partial charge in [-0.3, -0.25) is 4.79 Å². The van der Waals surface area contributed by atoms with Gasteiger partial charge >= 0.3 is 5.97 Å². The minimum absolute atomic E-state index is 0.0990. The molecule has 0 saturated carbocycles. The standard InChI is InChI=1S/C18H20N2O6S/c1-11-4-5-13(8-12(11)2)20-17(21)10-26-18(22)15-9-14(27(19,23)24)6-7-16(15)25-3/h4-9H,10H2,1-3H3,(H,20,21)(H2,19,23,24). The lowest BCUT2D eigenvalue weighted by Crippen LogP contribution is -2.21. The molecule has 0 atom stereocenters. The summed E-state index contributed by atoms with van der Waals surface area (Å²) in [5.41, 5.74) is 2.52. The van der Waals surface area contributed by atoms with Crippen molar-refractivity contribution in [3.8, 4) is 5.75 Å². The molecule has 144 valence electrons. The highest BCUT2D eigenvalue weighted by Gasteiger charge is 2.19. The van der Waals surface area contributed by atoms with Crippen LogP contribution >= 0.6 is 0 Å². The molecule has 0 saturated heterocycles. The molecule has 0 unspecified atom stereocenters. The Kier molecular flexibility index (Phi) is 6.19. The summed E-state index contributed by atoms with van der Waals surface area (Å²) in [6.45, 7) is 3.32. The Hall–Kier alpha value is -2.91. The number of nitrogens with one attached hydrogen (secondary N) is 1. The Labute approximate surface area is 157 Å². The minimum Gasteiger partial charge on any atom is -0.496 e. The highest BCUT2D eigenvalue weighted by atomic mass is 32.2. The van der Waals surface area contributed by atoms with E-state index in [1.165, 1.54) is 19.2 Å². The first-order valence-electron chi connectivity index (χ1n) is 7.87. The number of hydrogen-bond donors (Lipinski definition) is 2. The van der Waals surface area contributed by atoms with Crippen molar-refractivity contribution in [1.82, 2.24) is 0 Å². The Balaban J connectivity index is 2.08. The molecule has 0 aliphatic carbocycles. The first-order valence-corrected chi connectivity index (χ1v) is 9.41. The second-order valence-corrected chi connectivity index (χ2v) is 7.39. The molecule has 8 nitrogen and oxygen atoms in total. The molecule has 0 aromatic heterocycles. The summed E-state index contributed by atoms with van der Waals surface area (Å²) in [5.74, 6) is -1.34. The van der Waals surface area contributed by atoms with E-state index in [2.05, 4.69) is 5.32 Å². The van der Waals surface area contributed by atoms with Crippen molar-refractivity contribution in [3.05, 3.63) is 53.1 Å². The number of carbonyl (C=O) groups is 2. The first kappa shape index (κ1) is 20.4. The largest absolute Gasteiger partial charge is 0.496 e. The van der Waals surface area contributed by atoms with Gasteiger partial charge in [-0.15, -0.1) is 0 Å². The summed E-state index contributed by atoms with van der Waals surface area (Å²) in [6.07, 6.45) is 0. The summed E-state index contributed by atoms with van der Waals surface area (Å²) < 4.78 is 32.9. The number of primary sulfonamides is 1. The third-order valence-corrected chi connectivity index (χ3v) is 4.76. The number of sulfonamides is 1. The van der Waals surface area contributed by atoms with Crippen molar-refractivity contribution in [2.45, 2.75) is 18.7 Å². The zero-order valence-corrected chi connectivity index (χ0v) is 15.9. The maximum atomic E-state index is 12.2. The number of methoxy groups -OCH3 is 1. The second kappa shape index (κ2) is 8.19. The van der Waals surface area contributed by atoms with Crippen LogP contribution in [0.3, 0.4) is 0 Å². The van der Waals surface area contributed by atoms with Gasteiger partial charge in [-0.25, -0.2) is 18.4 Å². The van der Waals surface area contributed by atoms with Crippen LogP contribution in [0, 0.1) is 13.8 Å². The van der Waals surface area contributed by atoms with E-state index < -0.39 is 28.5 Å². The molecule has 9 heteroatoms. The Bertz CT molecular complexity index is 985. The number of benzene rings is 2. The molecule has 0 aliphatic rings. The molecule has 0 spiro atoms. The number of esters is 1. The number of hydrogen-bond acceptors (Lipinski definition) is 6. The summed E-state index contributed by atoms with van der Waals surface area (Å²) >= 11 is 0. The number of aryl methyl sites for hydroxylation is 2. The van der Waals surface area contributed by atoms with Crippen LogP contribution < -0.4 is 15.2 Å². The molecule has 2 aromatic rings. The fraction of sp³-hybridized carbons (Fsp3) is 0.222. The lowest BCUT2D eigenvalue weighted by atomic mass is 10.1. The number of rotatable bonds is 6. The predicted octanol–water partition coefficient (Wildman–Crippen LogP) is 1.75. The Morgan fingerprint density at radius 3 is 2.37 bits per heavy atom. The normalized spacial score (nSPS) is 11.0. The maximum Gasteiger partial charge on any atom is 0.342 e. The molecule has 27 heavy (non-hydrogen) atoms. The van der Waals surface area contributed by atoms with Crippen LogP contribution in [0.4, 0.5) is 5.69 Å². The smallest absolute Gasteiger partial charge is 0.342 e. The number of nitrogens with two attached hydrogens (primary N) is 1. The van der Waals surface area contributed by atoms with E-state index in [4.69, 9.17) is 14.6 Å². The molecule has 0 fully saturated rings. The van der Waals surface area contributed by atoms with E-state index in [0.29, 0.717) is 5.69 Å². The van der Waals surface area contributed by atoms with E-state index in [1.54, 1.807) is 12.1 Å². The van der Waals surface area contributed by atoms with Crippen LogP contribution in [-0.4, -0.2) is 34.0 Å². The van der Waals surface area contributed by atoms with E-state index in [9.17, 15) is 18.0 Å². The van der Waals surface area contributed by atoms with Gasteiger partial charge in [0.2, 0.25) is 10.0 Å². The first-order chi connectivity index (χ1) is 12.6. The zero-order valence-electron chi connectivity index (χ0n) is 15.1. The van der Waals surface area contributed by atoms with Crippen LogP contribution in [0.5, 0.6) is 5.75 Å². The summed E-state index contributed by atoms with van der Waals surface area (Å²) in [5, 5.41) is 7.68. The third kappa shape index (κ3) is 5.28. The van der Waals surface area contributed by atoms with Gasteiger partial charge < -0.3 is 14.8 Å². The van der Waals surface area contributed by atoms with E-state index in [1.807, 2.05) is 19.9 Å². The lowest BCUT2D eigenvalue weighted by molar-refractivity contribution is -0.119. The van der Waals surface area contributed by atoms with Gasteiger partial charge in [-0.1, -0.05) is 6.07 Å². The molecule has 0 aliphatic heterocycles. The minimum atomic E-state index is -4.01. The predicted molar refractivity (Wildman–Crippen MR) is 99.2 cm³/mol. The molecule has 0 radical (unpaired) electrons. The van der Waals surface area contributed by atoms with Crippen molar-refractivity contribution >= 4 is 27.6 Å². The molecular formula is C18H20N2O6S. The van der Waals surface area contributed by atoms with Gasteiger partial charge in [0.05, 0.1) is 12.0 Å². The highest BCUT2D eigenvalue weighted by molar-refractivity contribution is 7.89. The molecule has 0 heterocycles. The summed E-state index contributed by atoms with van der Waals surface area (Å²) in [6, 6.07) is 8.93. The summed E-state index contributed by atoms with van der Waals surface area (Å²) in [4.78, 5) is 24.0. The van der Waals surface area contributed by atoms with Crippen LogP contribution in [0.15, 0.2) is 41.3 Å². The van der Waals surface area contributed by atoms with Crippen LogP contribution in [0.25, 0.3) is 0 Å². The lowest BCUT2D eigenvalue weighted by Gasteiger charge is -2.11. The molecule has 3 N–H and O–H groups in total. The van der Waals surface area contributed by atoms with Crippen LogP contribution in [0.1, 0.15) is 21.5 Å². The van der Waals surface area contributed by atoms with Gasteiger partial charge in [0, 0.05) is 5.69 Å². The average Bonchev–Trinajstić information content (AvgIpc) is 2.61. The van der Waals surface area contributed by atoms with Crippen molar-refractivity contribution in [2.24, 2.45) is 5.14 Å². The second-order valence-electron chi connectivity index (χ2n) is 5.83. The average molecular weight is 392 g/mol. The number of carbonyl (C=O) groups excluding carboxylic acids is 2. The van der Waals surface area contributed by atoms with Crippen molar-refractivity contribution in [1.29, 1.82) is 0 Å². The van der Waals surface area contributed by atoms with E-state index in [0.717, 1.165) is 17.2 Å². The monoisotopic (exact) mass is 392 g/mol. The van der Waals surface area contributed by atoms with Gasteiger partial charge in [0.15, 0.2) is 6.61 Å². The van der Waals surface area contributed by atoms with Gasteiger partial charge in [0.25, 0.3) is 5.91 Å².